The third-order valence-corrected chi connectivity index (χ3v) is 4.34. The molecular weight excluding hydrogens is 292 g/mol. The summed E-state index contributed by atoms with van der Waals surface area (Å²) < 4.78 is 5.21. The van der Waals surface area contributed by atoms with E-state index in [2.05, 4.69) is 9.88 Å². The van der Waals surface area contributed by atoms with Crippen LogP contribution in [0.1, 0.15) is 30.1 Å². The Labute approximate surface area is 135 Å². The van der Waals surface area contributed by atoms with Crippen LogP contribution in [0.2, 0.25) is 0 Å². The molecule has 1 N–H and O–H groups in total. The van der Waals surface area contributed by atoms with E-state index in [4.69, 9.17) is 4.74 Å². The van der Waals surface area contributed by atoms with Gasteiger partial charge in [0.15, 0.2) is 0 Å². The number of esters is 1. The molecule has 1 aromatic carbocycles. The minimum Gasteiger partial charge on any atom is -0.462 e. The Hall–Kier alpha value is -2.14. The number of benzene rings is 1. The number of para-hydroxylation sites is 1. The fourth-order valence-corrected chi connectivity index (χ4v) is 3.24. The highest BCUT2D eigenvalue weighted by Gasteiger charge is 2.26. The number of carbonyl (C=O) groups excluding carboxylic acids is 1. The lowest BCUT2D eigenvalue weighted by Crippen LogP contribution is -2.38. The second-order valence-electron chi connectivity index (χ2n) is 5.89. The minimum absolute atomic E-state index is 0.175. The molecule has 0 unspecified atom stereocenters. The first kappa shape index (κ1) is 15.7. The summed E-state index contributed by atoms with van der Waals surface area (Å²) in [6.45, 7) is 3.93. The molecule has 5 heteroatoms. The van der Waals surface area contributed by atoms with E-state index in [-0.39, 0.29) is 18.5 Å². The van der Waals surface area contributed by atoms with Crippen LogP contribution in [0.4, 0.5) is 5.69 Å². The predicted octanol–water partition coefficient (Wildman–Crippen LogP) is 2.62. The van der Waals surface area contributed by atoms with E-state index < -0.39 is 0 Å². The van der Waals surface area contributed by atoms with Crippen molar-refractivity contribution in [2.45, 2.75) is 19.8 Å². The van der Waals surface area contributed by atoms with Crippen LogP contribution in [0.15, 0.2) is 30.5 Å². The van der Waals surface area contributed by atoms with E-state index >= 15 is 0 Å². The van der Waals surface area contributed by atoms with Crippen molar-refractivity contribution in [3.63, 3.8) is 0 Å². The van der Waals surface area contributed by atoms with Crippen molar-refractivity contribution in [1.82, 2.24) is 4.98 Å². The van der Waals surface area contributed by atoms with Gasteiger partial charge in [0.1, 0.15) is 5.56 Å². The van der Waals surface area contributed by atoms with Crippen molar-refractivity contribution in [1.29, 1.82) is 0 Å². The van der Waals surface area contributed by atoms with Crippen molar-refractivity contribution < 1.29 is 14.6 Å². The lowest BCUT2D eigenvalue weighted by molar-refractivity contribution is 0.0526. The molecule has 2 aromatic rings. The van der Waals surface area contributed by atoms with Gasteiger partial charge in [-0.2, -0.15) is 0 Å². The smallest absolute Gasteiger partial charge is 0.341 e. The van der Waals surface area contributed by atoms with Gasteiger partial charge in [-0.15, -0.1) is 0 Å². The van der Waals surface area contributed by atoms with Crippen LogP contribution in [0.5, 0.6) is 0 Å². The monoisotopic (exact) mass is 314 g/mol. The number of hydrogen-bond acceptors (Lipinski definition) is 5. The zero-order chi connectivity index (χ0) is 16.2. The van der Waals surface area contributed by atoms with E-state index in [0.29, 0.717) is 12.2 Å². The number of piperidine rings is 1. The summed E-state index contributed by atoms with van der Waals surface area (Å²) in [4.78, 5) is 19.0. The van der Waals surface area contributed by atoms with Crippen LogP contribution in [-0.2, 0) is 4.74 Å². The van der Waals surface area contributed by atoms with Crippen molar-refractivity contribution >= 4 is 22.6 Å². The molecule has 1 saturated heterocycles. The zero-order valence-corrected chi connectivity index (χ0v) is 13.4. The summed E-state index contributed by atoms with van der Waals surface area (Å²) >= 11 is 0. The van der Waals surface area contributed by atoms with Gasteiger partial charge in [-0.3, -0.25) is 4.98 Å². The molecule has 0 bridgehead atoms. The normalized spacial score (nSPS) is 18.2. The van der Waals surface area contributed by atoms with E-state index in [1.165, 1.54) is 0 Å². The highest BCUT2D eigenvalue weighted by Crippen LogP contribution is 2.33. The van der Waals surface area contributed by atoms with E-state index in [1.54, 1.807) is 13.1 Å². The highest BCUT2D eigenvalue weighted by atomic mass is 16.5. The van der Waals surface area contributed by atoms with Gasteiger partial charge in [0.2, 0.25) is 0 Å². The number of aliphatic hydroxyl groups excluding tert-OH is 1. The maximum Gasteiger partial charge on any atom is 0.341 e. The Morgan fingerprint density at radius 3 is 3.04 bits per heavy atom. The molecular formula is C18H22N2O3. The Morgan fingerprint density at radius 1 is 1.43 bits per heavy atom. The SMILES string of the molecule is CCOC(=O)c1cnc2ccccc2c1N1CCC[C@H](CO)C1. The Balaban J connectivity index is 2.10. The van der Waals surface area contributed by atoms with Gasteiger partial charge in [-0.05, 0) is 31.7 Å². The lowest BCUT2D eigenvalue weighted by Gasteiger charge is -2.35. The first-order chi connectivity index (χ1) is 11.2. The number of anilines is 1. The number of pyridine rings is 1. The van der Waals surface area contributed by atoms with Crippen molar-refractivity contribution in [3.8, 4) is 0 Å². The molecule has 0 aliphatic carbocycles. The second-order valence-corrected chi connectivity index (χ2v) is 5.89. The molecule has 1 aliphatic heterocycles. The molecule has 3 rings (SSSR count). The Kier molecular flexibility index (Phi) is 4.76. The van der Waals surface area contributed by atoms with Crippen molar-refractivity contribution in [3.05, 3.63) is 36.0 Å². The molecule has 0 saturated carbocycles. The molecule has 0 amide bonds. The van der Waals surface area contributed by atoms with E-state index in [0.717, 1.165) is 42.5 Å². The topological polar surface area (TPSA) is 62.7 Å². The highest BCUT2D eigenvalue weighted by molar-refractivity contribution is 6.05. The summed E-state index contributed by atoms with van der Waals surface area (Å²) in [5, 5.41) is 10.5. The number of nitrogens with zero attached hydrogens (tertiary/aromatic N) is 2. The number of carbonyl (C=O) groups is 1. The van der Waals surface area contributed by atoms with Crippen LogP contribution in [0, 0.1) is 5.92 Å². The van der Waals surface area contributed by atoms with Crippen LogP contribution in [-0.4, -0.2) is 42.4 Å². The number of fused-ring (bicyclic) bond motifs is 1. The summed E-state index contributed by atoms with van der Waals surface area (Å²) in [5.41, 5.74) is 2.25. The number of aliphatic hydroxyl groups is 1. The standard InChI is InChI=1S/C18H22N2O3/c1-2-23-18(22)15-10-19-16-8-4-3-7-14(16)17(15)20-9-5-6-13(11-20)12-21/h3-4,7-8,10,13,21H,2,5-6,9,11-12H2,1H3/t13-/m0/s1. The summed E-state index contributed by atoms with van der Waals surface area (Å²) in [6.07, 6.45) is 3.63. The number of aromatic nitrogens is 1. The third kappa shape index (κ3) is 3.15. The molecule has 0 radical (unpaired) electrons. The molecule has 5 nitrogen and oxygen atoms in total. The van der Waals surface area contributed by atoms with Crippen LogP contribution in [0.25, 0.3) is 10.9 Å². The van der Waals surface area contributed by atoms with E-state index in [1.807, 2.05) is 24.3 Å². The van der Waals surface area contributed by atoms with Gasteiger partial charge in [-0.1, -0.05) is 18.2 Å². The largest absolute Gasteiger partial charge is 0.462 e. The third-order valence-electron chi connectivity index (χ3n) is 4.34. The fourth-order valence-electron chi connectivity index (χ4n) is 3.24. The van der Waals surface area contributed by atoms with Gasteiger partial charge < -0.3 is 14.7 Å². The lowest BCUT2D eigenvalue weighted by atomic mass is 9.97. The van der Waals surface area contributed by atoms with Crippen LogP contribution >= 0.6 is 0 Å². The van der Waals surface area contributed by atoms with Crippen molar-refractivity contribution in [2.75, 3.05) is 31.2 Å². The van der Waals surface area contributed by atoms with Crippen LogP contribution < -0.4 is 4.90 Å². The molecule has 2 heterocycles. The summed E-state index contributed by atoms with van der Waals surface area (Å²) in [7, 11) is 0. The molecule has 1 atom stereocenters. The van der Waals surface area contributed by atoms with E-state index in [9.17, 15) is 9.90 Å². The van der Waals surface area contributed by atoms with Gasteiger partial charge in [0.05, 0.1) is 17.8 Å². The second kappa shape index (κ2) is 6.96. The van der Waals surface area contributed by atoms with Gasteiger partial charge in [0, 0.05) is 31.3 Å². The van der Waals surface area contributed by atoms with Crippen molar-refractivity contribution in [2.24, 2.45) is 5.92 Å². The molecule has 1 aromatic heterocycles. The van der Waals surface area contributed by atoms with Gasteiger partial charge in [0.25, 0.3) is 0 Å². The number of hydrogen-bond donors (Lipinski definition) is 1. The molecule has 122 valence electrons. The number of ether oxygens (including phenoxy) is 1. The van der Waals surface area contributed by atoms with Gasteiger partial charge >= 0.3 is 5.97 Å². The first-order valence-electron chi connectivity index (χ1n) is 8.15. The zero-order valence-electron chi connectivity index (χ0n) is 13.4. The number of rotatable bonds is 4. The summed E-state index contributed by atoms with van der Waals surface area (Å²) in [5.74, 6) is -0.0994. The average Bonchev–Trinajstić information content (AvgIpc) is 2.61. The quantitative estimate of drug-likeness (QED) is 0.879. The Bertz CT molecular complexity index is 702. The predicted molar refractivity (Wildman–Crippen MR) is 89.7 cm³/mol. The fraction of sp³-hybridized carbons (Fsp3) is 0.444. The minimum atomic E-state index is -0.341. The molecule has 1 aliphatic rings. The maximum atomic E-state index is 12.4. The van der Waals surface area contributed by atoms with Crippen LogP contribution in [0.3, 0.4) is 0 Å². The summed E-state index contributed by atoms with van der Waals surface area (Å²) in [6, 6.07) is 7.83. The average molecular weight is 314 g/mol. The Morgan fingerprint density at radius 2 is 2.26 bits per heavy atom. The molecule has 1 fully saturated rings. The molecule has 23 heavy (non-hydrogen) atoms. The van der Waals surface area contributed by atoms with Gasteiger partial charge in [-0.25, -0.2) is 4.79 Å². The first-order valence-corrected chi connectivity index (χ1v) is 8.15. The molecule has 0 spiro atoms. The maximum absolute atomic E-state index is 12.4.